The second-order valence-electron chi connectivity index (χ2n) is 7.84. The first kappa shape index (κ1) is 17.0. The molecule has 1 aliphatic carbocycles. The quantitative estimate of drug-likeness (QED) is 0.593. The molecule has 1 saturated carbocycles. The van der Waals surface area contributed by atoms with Crippen molar-refractivity contribution in [2.45, 2.75) is 84.2 Å². The summed E-state index contributed by atoms with van der Waals surface area (Å²) in [4.78, 5) is 0. The van der Waals surface area contributed by atoms with E-state index < -0.39 is 0 Å². The summed E-state index contributed by atoms with van der Waals surface area (Å²) in [6.45, 7) is 12.3. The number of hydrogen-bond donors (Lipinski definition) is 2. The molecule has 0 aromatic heterocycles. The number of nitrogens with one attached hydrogen (secondary N) is 1. The van der Waals surface area contributed by atoms with Gasteiger partial charge in [-0.2, -0.15) is 0 Å². The lowest BCUT2D eigenvalue weighted by Gasteiger charge is -2.41. The van der Waals surface area contributed by atoms with Gasteiger partial charge in [0.05, 0.1) is 6.10 Å². The van der Waals surface area contributed by atoms with Gasteiger partial charge in [0, 0.05) is 12.1 Å². The maximum Gasteiger partial charge on any atom is 0.105 e. The van der Waals surface area contributed by atoms with Gasteiger partial charge in [0.1, 0.15) is 7.85 Å². The fourth-order valence-electron chi connectivity index (χ4n) is 3.61. The highest BCUT2D eigenvalue weighted by Crippen LogP contribution is 2.47. The van der Waals surface area contributed by atoms with Crippen LogP contribution in [-0.2, 0) is 0 Å². The molecular formula is C16H34BNO. The van der Waals surface area contributed by atoms with Gasteiger partial charge in [0.15, 0.2) is 0 Å². The molecule has 0 aromatic carbocycles. The van der Waals surface area contributed by atoms with Crippen molar-refractivity contribution < 1.29 is 5.11 Å². The lowest BCUT2D eigenvalue weighted by Crippen LogP contribution is -2.48. The predicted molar refractivity (Wildman–Crippen MR) is 86.4 cm³/mol. The highest BCUT2D eigenvalue weighted by molar-refractivity contribution is 6.11. The van der Waals surface area contributed by atoms with Gasteiger partial charge in [-0.15, -0.1) is 0 Å². The maximum atomic E-state index is 9.80. The molecule has 112 valence electrons. The minimum absolute atomic E-state index is 0.180. The Labute approximate surface area is 121 Å². The largest absolute Gasteiger partial charge is 0.392 e. The van der Waals surface area contributed by atoms with Crippen LogP contribution in [0.1, 0.15) is 66.7 Å². The van der Waals surface area contributed by atoms with Crippen molar-refractivity contribution >= 4 is 7.85 Å². The van der Waals surface area contributed by atoms with Crippen LogP contribution in [-0.4, -0.2) is 31.1 Å². The van der Waals surface area contributed by atoms with Gasteiger partial charge in [-0.1, -0.05) is 46.4 Å². The van der Waals surface area contributed by atoms with Crippen molar-refractivity contribution in [1.82, 2.24) is 5.32 Å². The van der Waals surface area contributed by atoms with E-state index in [4.69, 9.17) is 0 Å². The molecule has 3 heteroatoms. The number of β-amino-alcohol motifs (C(OH)–C–C–N with tert-alkyl or cyclic N) is 1. The minimum Gasteiger partial charge on any atom is -0.392 e. The Morgan fingerprint density at radius 1 is 1.37 bits per heavy atom. The summed E-state index contributed by atoms with van der Waals surface area (Å²) >= 11 is 0. The standard InChI is InChI=1S/C16H34BNO/c1-6-14(19)10-18-16(5)8-7-13(17)9-15(4,11-16)12(2)3/h12-14,18-19H,6-11,17H2,1-5H3. The Balaban J connectivity index is 2.76. The van der Waals surface area contributed by atoms with Crippen molar-refractivity contribution in [1.29, 1.82) is 0 Å². The molecule has 4 unspecified atom stereocenters. The van der Waals surface area contributed by atoms with Crippen LogP contribution >= 0.6 is 0 Å². The van der Waals surface area contributed by atoms with E-state index in [1.165, 1.54) is 25.7 Å². The van der Waals surface area contributed by atoms with Crippen molar-refractivity contribution in [3.63, 3.8) is 0 Å². The van der Waals surface area contributed by atoms with Crippen molar-refractivity contribution in [3.05, 3.63) is 0 Å². The van der Waals surface area contributed by atoms with Crippen molar-refractivity contribution in [2.24, 2.45) is 11.3 Å². The van der Waals surface area contributed by atoms with Gasteiger partial charge in [0.2, 0.25) is 0 Å². The van der Waals surface area contributed by atoms with Gasteiger partial charge < -0.3 is 10.4 Å². The Morgan fingerprint density at radius 3 is 2.53 bits per heavy atom. The first-order chi connectivity index (χ1) is 8.71. The number of aliphatic hydroxyl groups is 1. The predicted octanol–water partition coefficient (Wildman–Crippen LogP) is 2.76. The van der Waals surface area contributed by atoms with Crippen LogP contribution in [0.15, 0.2) is 0 Å². The molecular weight excluding hydrogens is 233 g/mol. The third-order valence-corrected chi connectivity index (χ3v) is 5.43. The zero-order valence-corrected chi connectivity index (χ0v) is 13.9. The third kappa shape index (κ3) is 4.79. The zero-order valence-electron chi connectivity index (χ0n) is 13.9. The van der Waals surface area contributed by atoms with E-state index in [1.54, 1.807) is 0 Å². The fraction of sp³-hybridized carbons (Fsp3) is 1.00. The topological polar surface area (TPSA) is 32.3 Å². The summed E-state index contributed by atoms with van der Waals surface area (Å²) < 4.78 is 0. The number of hydrogen-bond acceptors (Lipinski definition) is 2. The van der Waals surface area contributed by atoms with Crippen LogP contribution in [0.3, 0.4) is 0 Å². The molecule has 19 heavy (non-hydrogen) atoms. The Bertz CT molecular complexity index is 284. The van der Waals surface area contributed by atoms with E-state index in [-0.39, 0.29) is 11.6 Å². The smallest absolute Gasteiger partial charge is 0.105 e. The molecule has 0 aliphatic heterocycles. The molecule has 2 N–H and O–H groups in total. The normalized spacial score (nSPS) is 38.2. The third-order valence-electron chi connectivity index (χ3n) is 5.43. The first-order valence-electron chi connectivity index (χ1n) is 8.14. The summed E-state index contributed by atoms with van der Waals surface area (Å²) in [5, 5.41) is 13.5. The van der Waals surface area contributed by atoms with Crippen LogP contribution in [0.4, 0.5) is 0 Å². The Morgan fingerprint density at radius 2 is 2.00 bits per heavy atom. The molecule has 0 aromatic rings. The van der Waals surface area contributed by atoms with Gasteiger partial charge in [-0.3, -0.25) is 0 Å². The highest BCUT2D eigenvalue weighted by Gasteiger charge is 2.40. The molecule has 0 bridgehead atoms. The summed E-state index contributed by atoms with van der Waals surface area (Å²) in [5.74, 6) is 1.53. The van der Waals surface area contributed by atoms with E-state index in [2.05, 4.69) is 40.9 Å². The van der Waals surface area contributed by atoms with Gasteiger partial charge in [-0.25, -0.2) is 0 Å². The lowest BCUT2D eigenvalue weighted by atomic mass is 9.65. The Hall–Kier alpha value is -0.0151. The van der Waals surface area contributed by atoms with Gasteiger partial charge in [0.25, 0.3) is 0 Å². The molecule has 0 heterocycles. The fourth-order valence-corrected chi connectivity index (χ4v) is 3.61. The lowest BCUT2D eigenvalue weighted by molar-refractivity contribution is 0.110. The molecule has 0 spiro atoms. The van der Waals surface area contributed by atoms with Crippen molar-refractivity contribution in [2.75, 3.05) is 6.54 Å². The second-order valence-corrected chi connectivity index (χ2v) is 7.84. The van der Waals surface area contributed by atoms with Crippen LogP contribution in [0, 0.1) is 11.3 Å². The average molecular weight is 267 g/mol. The van der Waals surface area contributed by atoms with Crippen LogP contribution < -0.4 is 5.32 Å². The zero-order chi connectivity index (χ0) is 14.7. The summed E-state index contributed by atoms with van der Waals surface area (Å²) in [6.07, 6.45) is 5.71. The Kier molecular flexibility index (Phi) is 5.94. The number of rotatable bonds is 5. The summed E-state index contributed by atoms with van der Waals surface area (Å²) in [7, 11) is 2.40. The average Bonchev–Trinajstić information content (AvgIpc) is 2.44. The van der Waals surface area contributed by atoms with Crippen LogP contribution in [0.25, 0.3) is 0 Å². The van der Waals surface area contributed by atoms with Crippen LogP contribution in [0.2, 0.25) is 5.82 Å². The molecule has 1 fully saturated rings. The summed E-state index contributed by atoms with van der Waals surface area (Å²) in [6, 6.07) is 0. The van der Waals surface area contributed by atoms with E-state index in [9.17, 15) is 5.11 Å². The first-order valence-corrected chi connectivity index (χ1v) is 8.14. The molecule has 0 radical (unpaired) electrons. The molecule has 0 saturated heterocycles. The number of aliphatic hydroxyl groups excluding tert-OH is 1. The van der Waals surface area contributed by atoms with E-state index >= 15 is 0 Å². The molecule has 1 aliphatic rings. The monoisotopic (exact) mass is 267 g/mol. The van der Waals surface area contributed by atoms with E-state index in [1.807, 2.05) is 6.92 Å². The second kappa shape index (κ2) is 6.63. The molecule has 0 amide bonds. The minimum atomic E-state index is -0.206. The summed E-state index contributed by atoms with van der Waals surface area (Å²) in [5.41, 5.74) is 0.592. The molecule has 1 rings (SSSR count). The molecule has 4 atom stereocenters. The highest BCUT2D eigenvalue weighted by atomic mass is 16.3. The van der Waals surface area contributed by atoms with E-state index in [0.717, 1.165) is 18.8 Å². The SMILES string of the molecule is BC1CCC(C)(NCC(O)CC)CC(C)(C(C)C)C1. The molecule has 2 nitrogen and oxygen atoms in total. The van der Waals surface area contributed by atoms with Crippen molar-refractivity contribution in [3.8, 4) is 0 Å². The van der Waals surface area contributed by atoms with Gasteiger partial charge in [-0.05, 0) is 37.5 Å². The maximum absolute atomic E-state index is 9.80. The van der Waals surface area contributed by atoms with Gasteiger partial charge >= 0.3 is 0 Å². The van der Waals surface area contributed by atoms with Crippen LogP contribution in [0.5, 0.6) is 0 Å². The van der Waals surface area contributed by atoms with E-state index in [0.29, 0.717) is 11.3 Å².